The lowest BCUT2D eigenvalue weighted by Gasteiger charge is -2.06. The van der Waals surface area contributed by atoms with Crippen LogP contribution in [0.15, 0.2) is 39.9 Å². The summed E-state index contributed by atoms with van der Waals surface area (Å²) in [5, 5.41) is 12.6. The number of nitrogens with zero attached hydrogens (tertiary/aromatic N) is 1. The molecule has 19 heavy (non-hydrogen) atoms. The van der Waals surface area contributed by atoms with Crippen LogP contribution in [-0.4, -0.2) is 8.42 Å². The molecule has 1 aromatic carbocycles. The Morgan fingerprint density at radius 1 is 1.37 bits per heavy atom. The van der Waals surface area contributed by atoms with Gasteiger partial charge in [0.2, 0.25) is 10.0 Å². The second-order valence-corrected chi connectivity index (χ2v) is 6.66. The molecule has 0 bridgehead atoms. The predicted octanol–water partition coefficient (Wildman–Crippen LogP) is 2.75. The summed E-state index contributed by atoms with van der Waals surface area (Å²) < 4.78 is 26.5. The molecule has 0 radical (unpaired) electrons. The molecule has 2 rings (SSSR count). The number of hydrogen-bond acceptors (Lipinski definition) is 4. The SMILES string of the molecule is N#Cc1ccc(S(=O)(=O)NCc2ccsc2)cc1Cl. The van der Waals surface area contributed by atoms with E-state index in [0.717, 1.165) is 5.56 Å². The number of nitriles is 1. The molecule has 4 nitrogen and oxygen atoms in total. The van der Waals surface area contributed by atoms with Gasteiger partial charge in [0.15, 0.2) is 0 Å². The van der Waals surface area contributed by atoms with Crippen molar-refractivity contribution in [1.29, 1.82) is 5.26 Å². The van der Waals surface area contributed by atoms with Crippen LogP contribution in [0.1, 0.15) is 11.1 Å². The molecule has 0 spiro atoms. The zero-order valence-corrected chi connectivity index (χ0v) is 12.0. The van der Waals surface area contributed by atoms with Crippen molar-refractivity contribution in [2.75, 3.05) is 0 Å². The Morgan fingerprint density at radius 2 is 2.16 bits per heavy atom. The lowest BCUT2D eigenvalue weighted by molar-refractivity contribution is 0.581. The lowest BCUT2D eigenvalue weighted by atomic mass is 10.2. The predicted molar refractivity (Wildman–Crippen MR) is 74.5 cm³/mol. The molecular weight excluding hydrogens is 304 g/mol. The van der Waals surface area contributed by atoms with E-state index in [0.29, 0.717) is 0 Å². The Kier molecular flexibility index (Phi) is 4.22. The highest BCUT2D eigenvalue weighted by atomic mass is 35.5. The highest BCUT2D eigenvalue weighted by Crippen LogP contribution is 2.20. The van der Waals surface area contributed by atoms with Gasteiger partial charge in [-0.05, 0) is 40.6 Å². The van der Waals surface area contributed by atoms with Crippen LogP contribution in [0.3, 0.4) is 0 Å². The third-order valence-corrected chi connectivity index (χ3v) is 4.86. The highest BCUT2D eigenvalue weighted by molar-refractivity contribution is 7.89. The molecule has 0 aliphatic heterocycles. The van der Waals surface area contributed by atoms with Gasteiger partial charge in [0.25, 0.3) is 0 Å². The minimum Gasteiger partial charge on any atom is -0.207 e. The molecule has 0 unspecified atom stereocenters. The molecule has 0 aliphatic rings. The second kappa shape index (κ2) is 5.72. The number of hydrogen-bond donors (Lipinski definition) is 1. The first-order valence-corrected chi connectivity index (χ1v) is 8.04. The Bertz CT molecular complexity index is 719. The molecule has 7 heteroatoms. The normalized spacial score (nSPS) is 11.2. The molecule has 0 aliphatic carbocycles. The van der Waals surface area contributed by atoms with Crippen molar-refractivity contribution in [2.24, 2.45) is 0 Å². The van der Waals surface area contributed by atoms with Gasteiger partial charge in [0, 0.05) is 6.54 Å². The van der Waals surface area contributed by atoms with Gasteiger partial charge in [-0.25, -0.2) is 13.1 Å². The minimum absolute atomic E-state index is 0.0479. The minimum atomic E-state index is -3.62. The standard InChI is InChI=1S/C12H9ClN2O2S2/c13-12-5-11(2-1-10(12)6-14)19(16,17)15-7-9-3-4-18-8-9/h1-5,8,15H,7H2. The monoisotopic (exact) mass is 312 g/mol. The van der Waals surface area contributed by atoms with Gasteiger partial charge >= 0.3 is 0 Å². The van der Waals surface area contributed by atoms with Gasteiger partial charge in [-0.1, -0.05) is 11.6 Å². The maximum absolute atomic E-state index is 12.0. The number of sulfonamides is 1. The maximum Gasteiger partial charge on any atom is 0.240 e. The first-order valence-electron chi connectivity index (χ1n) is 5.23. The van der Waals surface area contributed by atoms with Crippen molar-refractivity contribution >= 4 is 33.0 Å². The van der Waals surface area contributed by atoms with E-state index in [4.69, 9.17) is 16.9 Å². The van der Waals surface area contributed by atoms with Crippen LogP contribution in [-0.2, 0) is 16.6 Å². The van der Waals surface area contributed by atoms with Gasteiger partial charge < -0.3 is 0 Å². The van der Waals surface area contributed by atoms with E-state index in [1.54, 1.807) is 0 Å². The van der Waals surface area contributed by atoms with E-state index < -0.39 is 10.0 Å². The molecule has 0 fully saturated rings. The fourth-order valence-electron chi connectivity index (χ4n) is 1.41. The number of benzene rings is 1. The van der Waals surface area contributed by atoms with Crippen LogP contribution >= 0.6 is 22.9 Å². The molecule has 1 aromatic heterocycles. The van der Waals surface area contributed by atoms with E-state index in [1.807, 2.05) is 22.9 Å². The fourth-order valence-corrected chi connectivity index (χ4v) is 3.41. The Hall–Kier alpha value is -1.39. The number of rotatable bonds is 4. The van der Waals surface area contributed by atoms with Crippen molar-refractivity contribution in [1.82, 2.24) is 4.72 Å². The van der Waals surface area contributed by atoms with Crippen LogP contribution in [0.5, 0.6) is 0 Å². The first-order chi connectivity index (χ1) is 9.03. The summed E-state index contributed by atoms with van der Waals surface area (Å²) in [5.74, 6) is 0. The molecule has 0 saturated heterocycles. The highest BCUT2D eigenvalue weighted by Gasteiger charge is 2.15. The lowest BCUT2D eigenvalue weighted by Crippen LogP contribution is -2.23. The van der Waals surface area contributed by atoms with E-state index in [9.17, 15) is 8.42 Å². The number of halogens is 1. The van der Waals surface area contributed by atoms with Crippen molar-refractivity contribution in [3.8, 4) is 6.07 Å². The van der Waals surface area contributed by atoms with Gasteiger partial charge in [0.1, 0.15) is 6.07 Å². The van der Waals surface area contributed by atoms with Gasteiger partial charge in [-0.15, -0.1) is 0 Å². The largest absolute Gasteiger partial charge is 0.240 e. The van der Waals surface area contributed by atoms with Crippen molar-refractivity contribution < 1.29 is 8.42 Å². The number of thiophene rings is 1. The zero-order valence-electron chi connectivity index (χ0n) is 9.63. The summed E-state index contributed by atoms with van der Waals surface area (Å²) in [6.45, 7) is 0.226. The molecule has 2 aromatic rings. The summed E-state index contributed by atoms with van der Waals surface area (Å²) in [5.41, 5.74) is 1.15. The average molecular weight is 313 g/mol. The van der Waals surface area contributed by atoms with Crippen LogP contribution in [0.25, 0.3) is 0 Å². The molecule has 1 N–H and O–H groups in total. The summed E-state index contributed by atoms with van der Waals surface area (Å²) >= 11 is 7.32. The first kappa shape index (κ1) is 14.0. The van der Waals surface area contributed by atoms with Crippen LogP contribution in [0.2, 0.25) is 5.02 Å². The molecule has 0 saturated carbocycles. The second-order valence-electron chi connectivity index (χ2n) is 3.71. The maximum atomic E-state index is 12.0. The molecule has 0 atom stereocenters. The van der Waals surface area contributed by atoms with Crippen molar-refractivity contribution in [3.05, 3.63) is 51.2 Å². The summed E-state index contributed by atoms with van der Waals surface area (Å²) in [6.07, 6.45) is 0. The smallest absolute Gasteiger partial charge is 0.207 e. The van der Waals surface area contributed by atoms with Crippen LogP contribution in [0.4, 0.5) is 0 Å². The summed E-state index contributed by atoms with van der Waals surface area (Å²) in [7, 11) is -3.62. The van der Waals surface area contributed by atoms with E-state index >= 15 is 0 Å². The van der Waals surface area contributed by atoms with E-state index in [1.165, 1.54) is 29.5 Å². The third-order valence-electron chi connectivity index (χ3n) is 2.42. The molecular formula is C12H9ClN2O2S2. The topological polar surface area (TPSA) is 70.0 Å². The Balaban J connectivity index is 2.20. The molecule has 0 amide bonds. The summed E-state index contributed by atoms with van der Waals surface area (Å²) in [6, 6.07) is 7.75. The third kappa shape index (κ3) is 3.33. The zero-order chi connectivity index (χ0) is 13.9. The van der Waals surface area contributed by atoms with Crippen LogP contribution < -0.4 is 4.72 Å². The van der Waals surface area contributed by atoms with Gasteiger partial charge in [-0.3, -0.25) is 0 Å². The average Bonchev–Trinajstić information content (AvgIpc) is 2.89. The van der Waals surface area contributed by atoms with Gasteiger partial charge in [0.05, 0.1) is 15.5 Å². The van der Waals surface area contributed by atoms with Crippen molar-refractivity contribution in [3.63, 3.8) is 0 Å². The fraction of sp³-hybridized carbons (Fsp3) is 0.0833. The van der Waals surface area contributed by atoms with E-state index in [-0.39, 0.29) is 22.0 Å². The van der Waals surface area contributed by atoms with Crippen LogP contribution in [0, 0.1) is 11.3 Å². The molecule has 98 valence electrons. The number of nitrogens with one attached hydrogen (secondary N) is 1. The Morgan fingerprint density at radius 3 is 2.74 bits per heavy atom. The summed E-state index contributed by atoms with van der Waals surface area (Å²) in [4.78, 5) is 0.0479. The Labute approximate surface area is 120 Å². The van der Waals surface area contributed by atoms with Crippen molar-refractivity contribution in [2.45, 2.75) is 11.4 Å². The molecule has 1 heterocycles. The van der Waals surface area contributed by atoms with E-state index in [2.05, 4.69) is 4.72 Å². The quantitative estimate of drug-likeness (QED) is 0.943. The van der Waals surface area contributed by atoms with Gasteiger partial charge in [-0.2, -0.15) is 16.6 Å².